The molecule has 0 aromatic heterocycles. The highest BCUT2D eigenvalue weighted by Gasteiger charge is 2.23. The van der Waals surface area contributed by atoms with Gasteiger partial charge in [0.1, 0.15) is 11.9 Å². The van der Waals surface area contributed by atoms with Gasteiger partial charge in [0, 0.05) is 37.8 Å². The molecule has 2 aromatic carbocycles. The van der Waals surface area contributed by atoms with Crippen molar-refractivity contribution in [3.8, 4) is 0 Å². The number of nitrogens with zero attached hydrogens (tertiary/aromatic N) is 1. The van der Waals surface area contributed by atoms with Crippen LogP contribution in [0.25, 0.3) is 0 Å². The fourth-order valence-corrected chi connectivity index (χ4v) is 3.49. The normalized spacial score (nSPS) is 16.8. The summed E-state index contributed by atoms with van der Waals surface area (Å²) in [6, 6.07) is 14.4. The van der Waals surface area contributed by atoms with Gasteiger partial charge in [-0.25, -0.2) is 4.39 Å². The Bertz CT molecular complexity index is 923. The molecule has 1 fully saturated rings. The molecule has 1 unspecified atom stereocenters. The van der Waals surface area contributed by atoms with E-state index < -0.39 is 0 Å². The first-order valence-corrected chi connectivity index (χ1v) is 10.6. The van der Waals surface area contributed by atoms with Crippen LogP contribution in [0.3, 0.4) is 0 Å². The molecule has 1 saturated heterocycles. The number of hydrogen-bond acceptors (Lipinski definition) is 3. The molecular weight excluding hydrogens is 395 g/mol. The van der Waals surface area contributed by atoms with Crippen molar-refractivity contribution in [2.45, 2.75) is 44.8 Å². The average Bonchev–Trinajstić information content (AvgIpc) is 3.29. The van der Waals surface area contributed by atoms with Crippen molar-refractivity contribution in [2.75, 3.05) is 25.5 Å². The van der Waals surface area contributed by atoms with E-state index in [2.05, 4.69) is 34.8 Å². The van der Waals surface area contributed by atoms with Gasteiger partial charge in [-0.3, -0.25) is 9.79 Å². The van der Waals surface area contributed by atoms with E-state index in [1.54, 1.807) is 19.2 Å². The third-order valence-corrected chi connectivity index (χ3v) is 5.40. The highest BCUT2D eigenvalue weighted by Crippen LogP contribution is 2.23. The van der Waals surface area contributed by atoms with Crippen molar-refractivity contribution in [3.05, 3.63) is 65.5 Å². The number of benzene rings is 2. The Morgan fingerprint density at radius 1 is 1.19 bits per heavy atom. The van der Waals surface area contributed by atoms with Crippen LogP contribution >= 0.6 is 0 Å². The summed E-state index contributed by atoms with van der Waals surface area (Å²) in [5, 5.41) is 9.52. The van der Waals surface area contributed by atoms with E-state index in [4.69, 9.17) is 4.74 Å². The molecule has 1 heterocycles. The van der Waals surface area contributed by atoms with E-state index in [0.29, 0.717) is 25.7 Å². The first kappa shape index (κ1) is 22.7. The molecule has 7 heteroatoms. The molecule has 2 aromatic rings. The smallest absolute Gasteiger partial charge is 0.253 e. The second kappa shape index (κ2) is 10.4. The van der Waals surface area contributed by atoms with Crippen LogP contribution in [-0.4, -0.2) is 38.2 Å². The van der Waals surface area contributed by atoms with E-state index in [0.717, 1.165) is 29.7 Å². The summed E-state index contributed by atoms with van der Waals surface area (Å²) >= 11 is 0. The fourth-order valence-electron chi connectivity index (χ4n) is 3.49. The molecule has 6 nitrogen and oxygen atoms in total. The summed E-state index contributed by atoms with van der Waals surface area (Å²) in [5.41, 5.74) is 2.41. The standard InChI is InChI=1S/C24H31FN4O2/c1-24(2,18-8-5-9-19(25)14-18)16-28-23(26-3)27-15-17-7-4-10-20(13-17)29-22(30)21-11-6-12-31-21/h4-5,7-10,13-14,21H,6,11-12,15-16H2,1-3H3,(H,29,30)(H2,26,27,28). The zero-order chi connectivity index (χ0) is 22.3. The number of hydrogen-bond donors (Lipinski definition) is 3. The summed E-state index contributed by atoms with van der Waals surface area (Å²) in [7, 11) is 1.71. The van der Waals surface area contributed by atoms with Gasteiger partial charge in [-0.2, -0.15) is 0 Å². The maximum Gasteiger partial charge on any atom is 0.253 e. The minimum Gasteiger partial charge on any atom is -0.368 e. The van der Waals surface area contributed by atoms with E-state index in [1.807, 2.05) is 30.3 Å². The maximum absolute atomic E-state index is 13.6. The number of ether oxygens (including phenoxy) is 1. The number of aliphatic imine (C=N–C) groups is 1. The highest BCUT2D eigenvalue weighted by atomic mass is 19.1. The fraction of sp³-hybridized carbons (Fsp3) is 0.417. The Balaban J connectivity index is 1.53. The Labute approximate surface area is 183 Å². The Kier molecular flexibility index (Phi) is 7.63. The quantitative estimate of drug-likeness (QED) is 0.467. The number of guanidine groups is 1. The van der Waals surface area contributed by atoms with Crippen LogP contribution in [0.15, 0.2) is 53.5 Å². The number of anilines is 1. The Morgan fingerprint density at radius 2 is 2.00 bits per heavy atom. The van der Waals surface area contributed by atoms with Crippen molar-refractivity contribution in [2.24, 2.45) is 4.99 Å². The van der Waals surface area contributed by atoms with Crippen molar-refractivity contribution in [1.29, 1.82) is 0 Å². The lowest BCUT2D eigenvalue weighted by Gasteiger charge is -2.27. The number of carbonyl (C=O) groups excluding carboxylic acids is 1. The SMILES string of the molecule is CN=C(NCc1cccc(NC(=O)C2CCCO2)c1)NCC(C)(C)c1cccc(F)c1. The number of nitrogens with one attached hydrogen (secondary N) is 3. The lowest BCUT2D eigenvalue weighted by Crippen LogP contribution is -2.43. The van der Waals surface area contributed by atoms with Crippen LogP contribution in [-0.2, 0) is 21.5 Å². The second-order valence-corrected chi connectivity index (χ2v) is 8.36. The molecule has 0 bridgehead atoms. The second-order valence-electron chi connectivity index (χ2n) is 8.36. The molecule has 166 valence electrons. The third-order valence-electron chi connectivity index (χ3n) is 5.40. The van der Waals surface area contributed by atoms with Crippen LogP contribution in [0.5, 0.6) is 0 Å². The molecule has 0 spiro atoms. The lowest BCUT2D eigenvalue weighted by molar-refractivity contribution is -0.124. The summed E-state index contributed by atoms with van der Waals surface area (Å²) in [6.07, 6.45) is 1.33. The Hall–Kier alpha value is -2.93. The average molecular weight is 427 g/mol. The van der Waals surface area contributed by atoms with Crippen LogP contribution in [0, 0.1) is 5.82 Å². The van der Waals surface area contributed by atoms with Crippen molar-refractivity contribution >= 4 is 17.6 Å². The predicted molar refractivity (Wildman–Crippen MR) is 122 cm³/mol. The minimum absolute atomic E-state index is 0.0975. The van der Waals surface area contributed by atoms with E-state index in [-0.39, 0.29) is 23.2 Å². The molecular formula is C24H31FN4O2. The minimum atomic E-state index is -0.355. The van der Waals surface area contributed by atoms with Gasteiger partial charge in [-0.15, -0.1) is 0 Å². The van der Waals surface area contributed by atoms with Gasteiger partial charge in [0.05, 0.1) is 0 Å². The summed E-state index contributed by atoms with van der Waals surface area (Å²) in [4.78, 5) is 16.5. The van der Waals surface area contributed by atoms with Gasteiger partial charge in [0.2, 0.25) is 0 Å². The molecule has 1 atom stereocenters. The number of amides is 1. The number of carbonyl (C=O) groups is 1. The molecule has 31 heavy (non-hydrogen) atoms. The molecule has 1 amide bonds. The van der Waals surface area contributed by atoms with Gasteiger partial charge in [-0.05, 0) is 48.2 Å². The van der Waals surface area contributed by atoms with Crippen LogP contribution in [0.4, 0.5) is 10.1 Å². The van der Waals surface area contributed by atoms with Gasteiger partial charge >= 0.3 is 0 Å². The predicted octanol–water partition coefficient (Wildman–Crippen LogP) is 3.59. The van der Waals surface area contributed by atoms with Crippen LogP contribution in [0.1, 0.15) is 37.8 Å². The summed E-state index contributed by atoms with van der Waals surface area (Å²) < 4.78 is 19.0. The first-order chi connectivity index (χ1) is 14.9. The zero-order valence-corrected chi connectivity index (χ0v) is 18.4. The highest BCUT2D eigenvalue weighted by molar-refractivity contribution is 5.94. The van der Waals surface area contributed by atoms with Gasteiger partial charge in [-0.1, -0.05) is 38.1 Å². The summed E-state index contributed by atoms with van der Waals surface area (Å²) in [6.45, 7) is 5.89. The molecule has 1 aliphatic rings. The monoisotopic (exact) mass is 426 g/mol. The third kappa shape index (κ3) is 6.52. The van der Waals surface area contributed by atoms with Gasteiger partial charge in [0.15, 0.2) is 5.96 Å². The van der Waals surface area contributed by atoms with Crippen LogP contribution < -0.4 is 16.0 Å². The van der Waals surface area contributed by atoms with Gasteiger partial charge < -0.3 is 20.7 Å². The molecule has 3 N–H and O–H groups in total. The number of halogens is 1. The van der Waals surface area contributed by atoms with Crippen molar-refractivity contribution in [1.82, 2.24) is 10.6 Å². The summed E-state index contributed by atoms with van der Waals surface area (Å²) in [5.74, 6) is 0.317. The first-order valence-electron chi connectivity index (χ1n) is 10.6. The largest absolute Gasteiger partial charge is 0.368 e. The Morgan fingerprint density at radius 3 is 2.71 bits per heavy atom. The van der Waals surface area contributed by atoms with E-state index >= 15 is 0 Å². The van der Waals surface area contributed by atoms with Gasteiger partial charge in [0.25, 0.3) is 5.91 Å². The van der Waals surface area contributed by atoms with E-state index in [9.17, 15) is 9.18 Å². The number of rotatable bonds is 7. The molecule has 0 saturated carbocycles. The molecule has 3 rings (SSSR count). The van der Waals surface area contributed by atoms with Crippen LogP contribution in [0.2, 0.25) is 0 Å². The van der Waals surface area contributed by atoms with Crippen molar-refractivity contribution in [3.63, 3.8) is 0 Å². The molecule has 0 radical (unpaired) electrons. The molecule has 1 aliphatic heterocycles. The maximum atomic E-state index is 13.6. The zero-order valence-electron chi connectivity index (χ0n) is 18.4. The van der Waals surface area contributed by atoms with Crippen molar-refractivity contribution < 1.29 is 13.9 Å². The lowest BCUT2D eigenvalue weighted by atomic mass is 9.84. The van der Waals surface area contributed by atoms with E-state index in [1.165, 1.54) is 6.07 Å². The molecule has 0 aliphatic carbocycles. The topological polar surface area (TPSA) is 74.8 Å².